The fourth-order valence-corrected chi connectivity index (χ4v) is 4.89. The van der Waals surface area contributed by atoms with Gasteiger partial charge in [-0.25, -0.2) is 0 Å². The average molecular weight is 513 g/mol. The minimum Gasteiger partial charge on any atom is -0.378 e. The Hall–Kier alpha value is -4.44. The van der Waals surface area contributed by atoms with Gasteiger partial charge in [0.2, 0.25) is 5.91 Å². The summed E-state index contributed by atoms with van der Waals surface area (Å²) in [6.45, 7) is 2.53. The molecule has 10 heteroatoms. The number of carbonyl (C=O) groups is 3. The Balaban J connectivity index is 1.24. The third-order valence-corrected chi connectivity index (χ3v) is 6.69. The van der Waals surface area contributed by atoms with Crippen molar-refractivity contribution in [2.45, 2.75) is 25.0 Å². The van der Waals surface area contributed by atoms with Gasteiger partial charge in [-0.2, -0.15) is 0 Å². The molecule has 3 aromatic carbocycles. The van der Waals surface area contributed by atoms with E-state index in [-0.39, 0.29) is 17.9 Å². The molecule has 186 valence electrons. The quantitative estimate of drug-likeness (QED) is 0.227. The number of aromatic nitrogens is 3. The van der Waals surface area contributed by atoms with Gasteiger partial charge in [-0.1, -0.05) is 42.1 Å². The van der Waals surface area contributed by atoms with Crippen LogP contribution in [0, 0.1) is 6.92 Å². The molecule has 0 saturated carbocycles. The van der Waals surface area contributed by atoms with E-state index in [2.05, 4.69) is 32.2 Å². The van der Waals surface area contributed by atoms with Gasteiger partial charge in [-0.3, -0.25) is 24.3 Å². The number of thioether (sulfide) groups is 1. The molecule has 1 aliphatic rings. The molecule has 4 aromatic rings. The number of fused-ring (bicyclic) bond motifs is 1. The van der Waals surface area contributed by atoms with Crippen LogP contribution in [0.25, 0.3) is 5.69 Å². The third kappa shape index (κ3) is 5.54. The lowest BCUT2D eigenvalue weighted by Gasteiger charge is -2.12. The Morgan fingerprint density at radius 2 is 1.73 bits per heavy atom. The van der Waals surface area contributed by atoms with Crippen LogP contribution < -0.4 is 16.0 Å². The van der Waals surface area contributed by atoms with Crippen LogP contribution in [0.1, 0.15) is 38.5 Å². The maximum Gasteiger partial charge on any atom is 0.259 e. The molecule has 3 amide bonds. The minimum atomic E-state index is -0.459. The summed E-state index contributed by atoms with van der Waals surface area (Å²) in [7, 11) is 0. The maximum absolute atomic E-state index is 12.6. The van der Waals surface area contributed by atoms with E-state index >= 15 is 0 Å². The van der Waals surface area contributed by atoms with E-state index in [9.17, 15) is 14.4 Å². The molecule has 1 aliphatic heterocycles. The number of benzene rings is 3. The average Bonchev–Trinajstić information content (AvgIpc) is 3.43. The van der Waals surface area contributed by atoms with Crippen molar-refractivity contribution in [3.05, 3.63) is 95.3 Å². The molecule has 0 saturated heterocycles. The lowest BCUT2D eigenvalue weighted by Crippen LogP contribution is -2.19. The summed E-state index contributed by atoms with van der Waals surface area (Å²) < 4.78 is 1.99. The molecule has 0 atom stereocenters. The van der Waals surface area contributed by atoms with E-state index in [0.29, 0.717) is 28.7 Å². The SMILES string of the molecule is Cc1cccc(NCc2nnc(SCCC(=O)Nc3ccc4c(c3)C(=O)NC4=O)n2-c2ccccc2)c1. The van der Waals surface area contributed by atoms with Crippen molar-refractivity contribution in [2.75, 3.05) is 16.4 Å². The van der Waals surface area contributed by atoms with Gasteiger partial charge in [-0.05, 0) is 55.0 Å². The van der Waals surface area contributed by atoms with Crippen LogP contribution in [0.2, 0.25) is 0 Å². The zero-order valence-corrected chi connectivity index (χ0v) is 20.8. The first-order valence-corrected chi connectivity index (χ1v) is 12.7. The van der Waals surface area contributed by atoms with E-state index < -0.39 is 11.8 Å². The molecule has 0 aliphatic carbocycles. The van der Waals surface area contributed by atoms with Crippen LogP contribution >= 0.6 is 11.8 Å². The van der Waals surface area contributed by atoms with Crippen LogP contribution in [0.15, 0.2) is 78.0 Å². The number of imide groups is 1. The Bertz CT molecular complexity index is 1480. The summed E-state index contributed by atoms with van der Waals surface area (Å²) in [5.41, 5.74) is 4.15. The number of hydrogen-bond donors (Lipinski definition) is 3. The summed E-state index contributed by atoms with van der Waals surface area (Å²) >= 11 is 1.44. The van der Waals surface area contributed by atoms with Crippen molar-refractivity contribution in [3.63, 3.8) is 0 Å². The van der Waals surface area contributed by atoms with Crippen molar-refractivity contribution in [1.29, 1.82) is 0 Å². The van der Waals surface area contributed by atoms with Crippen molar-refractivity contribution in [2.24, 2.45) is 0 Å². The highest BCUT2D eigenvalue weighted by molar-refractivity contribution is 7.99. The molecule has 2 heterocycles. The largest absolute Gasteiger partial charge is 0.378 e. The third-order valence-electron chi connectivity index (χ3n) is 5.76. The van der Waals surface area contributed by atoms with E-state index in [0.717, 1.165) is 17.2 Å². The van der Waals surface area contributed by atoms with Crippen LogP contribution in [0.4, 0.5) is 11.4 Å². The van der Waals surface area contributed by atoms with E-state index in [1.807, 2.05) is 60.0 Å². The van der Waals surface area contributed by atoms with Gasteiger partial charge in [-0.15, -0.1) is 10.2 Å². The topological polar surface area (TPSA) is 118 Å². The van der Waals surface area contributed by atoms with Gasteiger partial charge in [0, 0.05) is 29.2 Å². The van der Waals surface area contributed by atoms with Gasteiger partial charge >= 0.3 is 0 Å². The highest BCUT2D eigenvalue weighted by Crippen LogP contribution is 2.24. The predicted molar refractivity (Wildman–Crippen MR) is 142 cm³/mol. The summed E-state index contributed by atoms with van der Waals surface area (Å²) in [6, 6.07) is 22.6. The maximum atomic E-state index is 12.6. The van der Waals surface area contributed by atoms with Gasteiger partial charge < -0.3 is 10.6 Å². The van der Waals surface area contributed by atoms with Gasteiger partial charge in [0.1, 0.15) is 0 Å². The first-order chi connectivity index (χ1) is 18.0. The van der Waals surface area contributed by atoms with Crippen LogP contribution in [0.5, 0.6) is 0 Å². The van der Waals surface area contributed by atoms with E-state index in [4.69, 9.17) is 0 Å². The molecule has 9 nitrogen and oxygen atoms in total. The number of aryl methyl sites for hydroxylation is 1. The van der Waals surface area contributed by atoms with Gasteiger partial charge in [0.15, 0.2) is 11.0 Å². The van der Waals surface area contributed by atoms with Crippen LogP contribution in [-0.2, 0) is 11.3 Å². The van der Waals surface area contributed by atoms with E-state index in [1.54, 1.807) is 6.07 Å². The second-order valence-electron chi connectivity index (χ2n) is 8.48. The summed E-state index contributed by atoms with van der Waals surface area (Å²) in [6.07, 6.45) is 0.228. The number of carbonyl (C=O) groups excluding carboxylic acids is 3. The van der Waals surface area contributed by atoms with Crippen LogP contribution in [-0.4, -0.2) is 38.2 Å². The molecule has 3 N–H and O–H groups in total. The second kappa shape index (κ2) is 10.7. The molecule has 0 radical (unpaired) electrons. The highest BCUT2D eigenvalue weighted by atomic mass is 32.2. The molecule has 5 rings (SSSR count). The molecule has 0 unspecified atom stereocenters. The zero-order valence-electron chi connectivity index (χ0n) is 20.0. The first kappa shape index (κ1) is 24.3. The highest BCUT2D eigenvalue weighted by Gasteiger charge is 2.26. The zero-order chi connectivity index (χ0) is 25.8. The lowest BCUT2D eigenvalue weighted by molar-refractivity contribution is -0.115. The Kier molecular flexibility index (Phi) is 7.00. The molecule has 0 bridgehead atoms. The molecular weight excluding hydrogens is 488 g/mol. The molecule has 0 spiro atoms. The normalized spacial score (nSPS) is 12.2. The van der Waals surface area contributed by atoms with Crippen molar-refractivity contribution >= 4 is 40.9 Å². The number of hydrogen-bond acceptors (Lipinski definition) is 7. The summed E-state index contributed by atoms with van der Waals surface area (Å²) in [4.78, 5) is 36.1. The van der Waals surface area contributed by atoms with Crippen molar-refractivity contribution < 1.29 is 14.4 Å². The number of rotatable bonds is 9. The second-order valence-corrected chi connectivity index (χ2v) is 9.55. The number of amides is 3. The van der Waals surface area contributed by atoms with Gasteiger partial charge in [0.05, 0.1) is 17.7 Å². The first-order valence-electron chi connectivity index (χ1n) is 11.7. The Morgan fingerprint density at radius 1 is 0.919 bits per heavy atom. The molecule has 37 heavy (non-hydrogen) atoms. The minimum absolute atomic E-state index is 0.204. The van der Waals surface area contributed by atoms with Crippen molar-refractivity contribution in [3.8, 4) is 5.69 Å². The van der Waals surface area contributed by atoms with Crippen molar-refractivity contribution in [1.82, 2.24) is 20.1 Å². The Morgan fingerprint density at radius 3 is 2.54 bits per heavy atom. The number of nitrogens with one attached hydrogen (secondary N) is 3. The standard InChI is InChI=1S/C27H24N6O3S/c1-17-6-5-7-18(14-17)28-16-23-31-32-27(33(23)20-8-3-2-4-9-20)37-13-12-24(34)29-19-10-11-21-22(15-19)26(36)30-25(21)35/h2-11,14-15,28H,12-13,16H2,1H3,(H,29,34)(H,30,35,36). The summed E-state index contributed by atoms with van der Waals surface area (Å²) in [5, 5.41) is 17.9. The number of anilines is 2. The molecule has 0 fully saturated rings. The monoisotopic (exact) mass is 512 g/mol. The van der Waals surface area contributed by atoms with Gasteiger partial charge in [0.25, 0.3) is 11.8 Å². The predicted octanol–water partition coefficient (Wildman–Crippen LogP) is 4.19. The smallest absolute Gasteiger partial charge is 0.259 e. The Labute approximate surface area is 217 Å². The molecule has 1 aromatic heterocycles. The molecular formula is C27H24N6O3S. The fraction of sp³-hybridized carbons (Fsp3) is 0.148. The van der Waals surface area contributed by atoms with E-state index in [1.165, 1.54) is 29.5 Å². The van der Waals surface area contributed by atoms with Crippen LogP contribution in [0.3, 0.4) is 0 Å². The lowest BCUT2D eigenvalue weighted by atomic mass is 10.1. The number of para-hydroxylation sites is 1. The summed E-state index contributed by atoms with van der Waals surface area (Å²) in [5.74, 6) is 0.145. The fourth-order valence-electron chi connectivity index (χ4n) is 3.98. The number of nitrogens with zero attached hydrogens (tertiary/aromatic N) is 3.